The van der Waals surface area contributed by atoms with E-state index >= 15 is 0 Å². The number of quaternary nitrogens is 1. The Kier molecular flexibility index (Phi) is 3.17. The highest BCUT2D eigenvalue weighted by Gasteiger charge is 2.00. The lowest BCUT2D eigenvalue weighted by molar-refractivity contribution is -0.864. The summed E-state index contributed by atoms with van der Waals surface area (Å²) in [5, 5.41) is 0. The number of rotatable bonds is 3. The number of nitrogens with zero attached hydrogens (tertiary/aromatic N) is 1. The molecule has 0 fully saturated rings. The Morgan fingerprint density at radius 2 is 1.89 bits per heavy atom. The molecule has 2 heteroatoms. The van der Waals surface area contributed by atoms with Crippen molar-refractivity contribution in [2.45, 2.75) is 0 Å². The van der Waals surface area contributed by atoms with Crippen molar-refractivity contribution < 1.29 is 9.28 Å². The van der Waals surface area contributed by atoms with Crippen molar-refractivity contribution in [2.24, 2.45) is 0 Å². The van der Waals surface area contributed by atoms with E-state index in [-0.39, 0.29) is 0 Å². The van der Waals surface area contributed by atoms with Gasteiger partial charge < -0.3 is 4.48 Å². The van der Waals surface area contributed by atoms with Gasteiger partial charge in [-0.2, -0.15) is 0 Å². The summed E-state index contributed by atoms with van der Waals surface area (Å²) in [6, 6.07) is 0. The van der Waals surface area contributed by atoms with Crippen LogP contribution >= 0.6 is 0 Å². The summed E-state index contributed by atoms with van der Waals surface area (Å²) in [5.74, 6) is 0. The minimum Gasteiger partial charge on any atom is -0.328 e. The van der Waals surface area contributed by atoms with Crippen molar-refractivity contribution in [3.63, 3.8) is 0 Å². The number of aldehydes is 1. The molecule has 0 aliphatic carbocycles. The number of hydrogen-bond acceptors (Lipinski definition) is 1. The quantitative estimate of drug-likeness (QED) is 0.306. The maximum atomic E-state index is 9.80. The molecule has 0 amide bonds. The molecule has 0 heterocycles. The van der Waals surface area contributed by atoms with Crippen molar-refractivity contribution in [2.75, 3.05) is 27.7 Å². The van der Waals surface area contributed by atoms with E-state index in [4.69, 9.17) is 0 Å². The van der Waals surface area contributed by atoms with Crippen LogP contribution in [0.15, 0.2) is 12.2 Å². The first kappa shape index (κ1) is 8.37. The zero-order chi connectivity index (χ0) is 7.33. The third-order valence-electron chi connectivity index (χ3n) is 0.868. The molecule has 0 N–H and O–H groups in total. The van der Waals surface area contributed by atoms with Crippen LogP contribution in [0.4, 0.5) is 0 Å². The molecule has 0 atom stereocenters. The molecule has 0 bridgehead atoms. The zero-order valence-electron chi connectivity index (χ0n) is 6.29. The second-order valence-corrected chi connectivity index (χ2v) is 3.04. The fourth-order valence-electron chi connectivity index (χ4n) is 0.433. The SMILES string of the molecule is C[N+](C)(C)CC=CC=O. The van der Waals surface area contributed by atoms with E-state index in [1.165, 1.54) is 6.08 Å². The van der Waals surface area contributed by atoms with Crippen LogP contribution < -0.4 is 0 Å². The molecule has 0 aromatic carbocycles. The lowest BCUT2D eigenvalue weighted by atomic mass is 10.4. The van der Waals surface area contributed by atoms with E-state index in [1.807, 2.05) is 6.08 Å². The minimum absolute atomic E-state index is 0.801. The number of allylic oxidation sites excluding steroid dienone is 1. The molecular weight excluding hydrogens is 114 g/mol. The molecule has 0 aliphatic heterocycles. The predicted molar refractivity (Wildman–Crippen MR) is 38.1 cm³/mol. The maximum Gasteiger partial charge on any atom is 0.142 e. The van der Waals surface area contributed by atoms with E-state index in [2.05, 4.69) is 21.1 Å². The fourth-order valence-corrected chi connectivity index (χ4v) is 0.433. The van der Waals surface area contributed by atoms with Gasteiger partial charge in [0, 0.05) is 0 Å². The fraction of sp³-hybridized carbons (Fsp3) is 0.571. The first-order valence-corrected chi connectivity index (χ1v) is 2.97. The molecule has 52 valence electrons. The zero-order valence-corrected chi connectivity index (χ0v) is 6.29. The summed E-state index contributed by atoms with van der Waals surface area (Å²) in [6.07, 6.45) is 4.20. The summed E-state index contributed by atoms with van der Waals surface area (Å²) < 4.78 is 0.865. The third kappa shape index (κ3) is 7.37. The Balaban J connectivity index is 3.50. The van der Waals surface area contributed by atoms with Gasteiger partial charge in [0.2, 0.25) is 0 Å². The first-order valence-electron chi connectivity index (χ1n) is 2.97. The second kappa shape index (κ2) is 3.41. The van der Waals surface area contributed by atoms with Crippen LogP contribution in [-0.2, 0) is 4.79 Å². The number of likely N-dealkylation sites (N-methyl/N-ethyl adjacent to an activating group) is 1. The summed E-state index contributed by atoms with van der Waals surface area (Å²) in [5.41, 5.74) is 0. The molecule has 0 saturated carbocycles. The molecule has 9 heavy (non-hydrogen) atoms. The summed E-state index contributed by atoms with van der Waals surface area (Å²) in [7, 11) is 6.24. The van der Waals surface area contributed by atoms with Gasteiger partial charge in [0.05, 0.1) is 27.7 Å². The Morgan fingerprint density at radius 1 is 1.33 bits per heavy atom. The van der Waals surface area contributed by atoms with E-state index in [0.717, 1.165) is 17.3 Å². The normalized spacial score (nSPS) is 12.3. The third-order valence-corrected chi connectivity index (χ3v) is 0.868. The van der Waals surface area contributed by atoms with Crippen molar-refractivity contribution in [3.05, 3.63) is 12.2 Å². The highest BCUT2D eigenvalue weighted by Crippen LogP contribution is 1.88. The predicted octanol–water partition coefficient (Wildman–Crippen LogP) is 0.448. The smallest absolute Gasteiger partial charge is 0.142 e. The van der Waals surface area contributed by atoms with E-state index in [9.17, 15) is 4.79 Å². The van der Waals surface area contributed by atoms with Crippen LogP contribution in [-0.4, -0.2) is 38.5 Å². The summed E-state index contributed by atoms with van der Waals surface area (Å²) in [4.78, 5) is 9.80. The molecule has 0 rings (SSSR count). The van der Waals surface area contributed by atoms with Gasteiger partial charge in [0.25, 0.3) is 0 Å². The Hall–Kier alpha value is -0.630. The highest BCUT2D eigenvalue weighted by molar-refractivity contribution is 5.64. The number of carbonyl (C=O) groups is 1. The van der Waals surface area contributed by atoms with Gasteiger partial charge in [-0.05, 0) is 12.2 Å². The Labute approximate surface area is 56.4 Å². The van der Waals surface area contributed by atoms with Gasteiger partial charge in [-0.25, -0.2) is 0 Å². The number of hydrogen-bond donors (Lipinski definition) is 0. The van der Waals surface area contributed by atoms with Crippen LogP contribution in [0, 0.1) is 0 Å². The molecule has 0 unspecified atom stereocenters. The van der Waals surface area contributed by atoms with Crippen LogP contribution in [0.25, 0.3) is 0 Å². The van der Waals surface area contributed by atoms with Crippen molar-refractivity contribution >= 4 is 6.29 Å². The van der Waals surface area contributed by atoms with Crippen LogP contribution in [0.2, 0.25) is 0 Å². The largest absolute Gasteiger partial charge is 0.328 e. The Morgan fingerprint density at radius 3 is 2.22 bits per heavy atom. The standard InChI is InChI=1S/C7H14NO/c1-8(2,3)6-4-5-7-9/h4-5,7H,6H2,1-3H3/q+1. The summed E-state index contributed by atoms with van der Waals surface area (Å²) in [6.45, 7) is 0.902. The van der Waals surface area contributed by atoms with Crippen molar-refractivity contribution in [1.29, 1.82) is 0 Å². The molecule has 0 saturated heterocycles. The van der Waals surface area contributed by atoms with Crippen molar-refractivity contribution in [3.8, 4) is 0 Å². The lowest BCUT2D eigenvalue weighted by Gasteiger charge is -2.21. The first-order chi connectivity index (χ1) is 4.06. The molecule has 0 spiro atoms. The van der Waals surface area contributed by atoms with Crippen LogP contribution in [0.3, 0.4) is 0 Å². The van der Waals surface area contributed by atoms with Crippen LogP contribution in [0.5, 0.6) is 0 Å². The van der Waals surface area contributed by atoms with Crippen molar-refractivity contribution in [1.82, 2.24) is 0 Å². The maximum absolute atomic E-state index is 9.80. The van der Waals surface area contributed by atoms with Gasteiger partial charge in [-0.3, -0.25) is 4.79 Å². The minimum atomic E-state index is 0.801. The van der Waals surface area contributed by atoms with E-state index < -0.39 is 0 Å². The molecule has 0 aliphatic rings. The molecule has 2 nitrogen and oxygen atoms in total. The topological polar surface area (TPSA) is 17.1 Å². The number of carbonyl (C=O) groups excluding carboxylic acids is 1. The van der Waals surface area contributed by atoms with Gasteiger partial charge in [0.1, 0.15) is 6.29 Å². The molecule has 0 aromatic heterocycles. The average molecular weight is 128 g/mol. The lowest BCUT2D eigenvalue weighted by Crippen LogP contribution is -2.34. The van der Waals surface area contributed by atoms with E-state index in [0.29, 0.717) is 0 Å². The molecular formula is C7H14NO+. The van der Waals surface area contributed by atoms with Gasteiger partial charge in [-0.1, -0.05) is 0 Å². The van der Waals surface area contributed by atoms with Crippen LogP contribution in [0.1, 0.15) is 0 Å². The van der Waals surface area contributed by atoms with Gasteiger partial charge in [-0.15, -0.1) is 0 Å². The highest BCUT2D eigenvalue weighted by atomic mass is 16.1. The summed E-state index contributed by atoms with van der Waals surface area (Å²) >= 11 is 0. The van der Waals surface area contributed by atoms with Gasteiger partial charge >= 0.3 is 0 Å². The average Bonchev–Trinajstić information content (AvgIpc) is 1.63. The Bertz CT molecular complexity index is 111. The van der Waals surface area contributed by atoms with Gasteiger partial charge in [0.15, 0.2) is 0 Å². The molecule has 0 aromatic rings. The second-order valence-electron chi connectivity index (χ2n) is 3.04. The monoisotopic (exact) mass is 128 g/mol. The van der Waals surface area contributed by atoms with E-state index in [1.54, 1.807) is 0 Å². The molecule has 0 radical (unpaired) electrons.